The first kappa shape index (κ1) is 14.0. The normalized spacial score (nSPS) is 38.5. The van der Waals surface area contributed by atoms with Gasteiger partial charge in [-0.2, -0.15) is 0 Å². The van der Waals surface area contributed by atoms with Crippen molar-refractivity contribution in [1.29, 1.82) is 0 Å². The minimum absolute atomic E-state index is 0.00934. The van der Waals surface area contributed by atoms with Gasteiger partial charge in [0.05, 0.1) is 13.2 Å². The lowest BCUT2D eigenvalue weighted by Gasteiger charge is -2.52. The van der Waals surface area contributed by atoms with E-state index in [0.29, 0.717) is 13.2 Å². The van der Waals surface area contributed by atoms with Crippen LogP contribution >= 0.6 is 0 Å². The van der Waals surface area contributed by atoms with Crippen LogP contribution in [-0.4, -0.2) is 24.8 Å². The number of ether oxygens (including phenoxy) is 2. The molecule has 0 amide bonds. The quantitative estimate of drug-likeness (QED) is 0.638. The Hall–Kier alpha value is -0.930. The third-order valence-corrected chi connectivity index (χ3v) is 4.91. The highest BCUT2D eigenvalue weighted by Gasteiger charge is 2.55. The van der Waals surface area contributed by atoms with Crippen molar-refractivity contribution in [1.82, 2.24) is 0 Å². The minimum Gasteiger partial charge on any atom is -0.345 e. The highest BCUT2D eigenvalue weighted by molar-refractivity contribution is 5.94. The smallest absolute Gasteiger partial charge is 0.194 e. The third-order valence-electron chi connectivity index (χ3n) is 4.91. The zero-order valence-corrected chi connectivity index (χ0v) is 12.8. The Kier molecular flexibility index (Phi) is 3.18. The number of rotatable bonds is 0. The molecular weight excluding hydrogens is 252 g/mol. The molecule has 1 aliphatic heterocycles. The Labute approximate surface area is 121 Å². The summed E-state index contributed by atoms with van der Waals surface area (Å²) in [5.74, 6) is -0.106. The Balaban J connectivity index is 1.99. The summed E-state index contributed by atoms with van der Waals surface area (Å²) in [5, 5.41) is 0. The molecule has 0 aromatic carbocycles. The zero-order valence-electron chi connectivity index (χ0n) is 12.8. The van der Waals surface area contributed by atoms with E-state index in [2.05, 4.69) is 32.9 Å². The van der Waals surface area contributed by atoms with Crippen LogP contribution < -0.4 is 0 Å². The molecule has 1 spiro atoms. The van der Waals surface area contributed by atoms with Gasteiger partial charge < -0.3 is 9.47 Å². The van der Waals surface area contributed by atoms with E-state index < -0.39 is 5.79 Å². The SMILES string of the molecule is CC1=CC(=O)[C@@H]2[C@@H](CC=C[C@@H]2C)C12OCC(C)(C)CO2. The first-order chi connectivity index (χ1) is 9.36. The number of ketones is 1. The summed E-state index contributed by atoms with van der Waals surface area (Å²) in [6.45, 7) is 9.72. The molecule has 1 saturated heterocycles. The van der Waals surface area contributed by atoms with E-state index in [1.54, 1.807) is 6.08 Å². The largest absolute Gasteiger partial charge is 0.345 e. The van der Waals surface area contributed by atoms with Gasteiger partial charge >= 0.3 is 0 Å². The molecule has 1 fully saturated rings. The number of carbonyl (C=O) groups excluding carboxylic acids is 1. The van der Waals surface area contributed by atoms with Crippen LogP contribution in [0.15, 0.2) is 23.8 Å². The van der Waals surface area contributed by atoms with Gasteiger partial charge in [-0.05, 0) is 30.9 Å². The van der Waals surface area contributed by atoms with Crippen LogP contribution in [0.5, 0.6) is 0 Å². The van der Waals surface area contributed by atoms with Gasteiger partial charge in [0.15, 0.2) is 11.6 Å². The molecule has 0 saturated carbocycles. The molecule has 0 unspecified atom stereocenters. The van der Waals surface area contributed by atoms with E-state index in [-0.39, 0.29) is 29.0 Å². The highest BCUT2D eigenvalue weighted by Crippen LogP contribution is 2.49. The molecule has 3 nitrogen and oxygen atoms in total. The standard InChI is InChI=1S/C17H24O3/c1-11-6-5-7-13-15(11)14(18)8-12(2)17(13)19-9-16(3,4)10-20-17/h5-6,8,11,13,15H,7,9-10H2,1-4H3/t11-,13+,15-/m0/s1. The molecule has 0 aromatic heterocycles. The molecule has 2 aliphatic carbocycles. The molecule has 3 rings (SSSR count). The van der Waals surface area contributed by atoms with Crippen LogP contribution in [0, 0.1) is 23.2 Å². The predicted octanol–water partition coefficient (Wildman–Crippen LogP) is 3.11. The molecule has 1 heterocycles. The van der Waals surface area contributed by atoms with Crippen LogP contribution in [0.25, 0.3) is 0 Å². The second-order valence-corrected chi connectivity index (χ2v) is 7.29. The number of carbonyl (C=O) groups is 1. The zero-order chi connectivity index (χ0) is 14.5. The van der Waals surface area contributed by atoms with E-state index in [1.165, 1.54) is 0 Å². The molecule has 0 bridgehead atoms. The molecule has 0 aromatic rings. The third kappa shape index (κ3) is 1.99. The predicted molar refractivity (Wildman–Crippen MR) is 77.1 cm³/mol. The molecule has 3 atom stereocenters. The van der Waals surface area contributed by atoms with Gasteiger partial charge in [-0.3, -0.25) is 4.79 Å². The first-order valence-electron chi connectivity index (χ1n) is 7.53. The molecule has 0 radical (unpaired) electrons. The summed E-state index contributed by atoms with van der Waals surface area (Å²) >= 11 is 0. The van der Waals surface area contributed by atoms with E-state index in [1.807, 2.05) is 6.92 Å². The average Bonchev–Trinajstić information content (AvgIpc) is 2.37. The van der Waals surface area contributed by atoms with Crippen LogP contribution in [0.4, 0.5) is 0 Å². The van der Waals surface area contributed by atoms with Gasteiger partial charge in [-0.15, -0.1) is 0 Å². The van der Waals surface area contributed by atoms with Crippen molar-refractivity contribution >= 4 is 5.78 Å². The summed E-state index contributed by atoms with van der Waals surface area (Å²) in [6.07, 6.45) is 6.92. The van der Waals surface area contributed by atoms with E-state index in [0.717, 1.165) is 12.0 Å². The molecule has 20 heavy (non-hydrogen) atoms. The molecule has 3 aliphatic rings. The lowest BCUT2D eigenvalue weighted by Crippen LogP contribution is -2.58. The van der Waals surface area contributed by atoms with E-state index in [9.17, 15) is 4.79 Å². The van der Waals surface area contributed by atoms with E-state index >= 15 is 0 Å². The molecule has 110 valence electrons. The second kappa shape index (κ2) is 4.54. The van der Waals surface area contributed by atoms with Crippen molar-refractivity contribution in [3.8, 4) is 0 Å². The van der Waals surface area contributed by atoms with Gasteiger partial charge in [-0.25, -0.2) is 0 Å². The Morgan fingerprint density at radius 2 is 1.90 bits per heavy atom. The van der Waals surface area contributed by atoms with E-state index in [4.69, 9.17) is 9.47 Å². The minimum atomic E-state index is -0.687. The van der Waals surface area contributed by atoms with Crippen molar-refractivity contribution in [2.45, 2.75) is 39.9 Å². The first-order valence-corrected chi connectivity index (χ1v) is 7.53. The maximum atomic E-state index is 12.4. The maximum Gasteiger partial charge on any atom is 0.194 e. The lowest BCUT2D eigenvalue weighted by molar-refractivity contribution is -0.309. The van der Waals surface area contributed by atoms with Crippen LogP contribution in [0.2, 0.25) is 0 Å². The molecule has 0 N–H and O–H groups in total. The number of hydrogen-bond donors (Lipinski definition) is 0. The van der Waals surface area contributed by atoms with Crippen molar-refractivity contribution in [2.24, 2.45) is 23.2 Å². The number of allylic oxidation sites excluding steroid dienone is 3. The second-order valence-electron chi connectivity index (χ2n) is 7.29. The van der Waals surface area contributed by atoms with Crippen LogP contribution in [-0.2, 0) is 14.3 Å². The van der Waals surface area contributed by atoms with Crippen molar-refractivity contribution in [3.63, 3.8) is 0 Å². The summed E-state index contributed by atoms with van der Waals surface area (Å²) < 4.78 is 12.4. The summed E-state index contributed by atoms with van der Waals surface area (Å²) in [6, 6.07) is 0. The fraction of sp³-hybridized carbons (Fsp3) is 0.706. The van der Waals surface area contributed by atoms with Crippen molar-refractivity contribution in [3.05, 3.63) is 23.8 Å². The molecular formula is C17H24O3. The lowest BCUT2D eigenvalue weighted by atomic mass is 9.65. The Morgan fingerprint density at radius 3 is 2.55 bits per heavy atom. The average molecular weight is 276 g/mol. The van der Waals surface area contributed by atoms with Crippen molar-refractivity contribution < 1.29 is 14.3 Å². The Morgan fingerprint density at radius 1 is 1.25 bits per heavy atom. The van der Waals surface area contributed by atoms with Crippen LogP contribution in [0.3, 0.4) is 0 Å². The monoisotopic (exact) mass is 276 g/mol. The number of fused-ring (bicyclic) bond motifs is 2. The van der Waals surface area contributed by atoms with Gasteiger partial charge in [0.1, 0.15) is 0 Å². The van der Waals surface area contributed by atoms with Gasteiger partial charge in [-0.1, -0.05) is 32.9 Å². The molecule has 3 heteroatoms. The summed E-state index contributed by atoms with van der Waals surface area (Å²) in [7, 11) is 0. The maximum absolute atomic E-state index is 12.4. The van der Waals surface area contributed by atoms with Gasteiger partial charge in [0.2, 0.25) is 0 Å². The van der Waals surface area contributed by atoms with Gasteiger partial charge in [0.25, 0.3) is 0 Å². The summed E-state index contributed by atoms with van der Waals surface area (Å²) in [5.41, 5.74) is 0.972. The Bertz CT molecular complexity index is 476. The fourth-order valence-corrected chi connectivity index (χ4v) is 3.75. The van der Waals surface area contributed by atoms with Crippen molar-refractivity contribution in [2.75, 3.05) is 13.2 Å². The van der Waals surface area contributed by atoms with Crippen LogP contribution in [0.1, 0.15) is 34.1 Å². The summed E-state index contributed by atoms with van der Waals surface area (Å²) in [4.78, 5) is 12.4. The topological polar surface area (TPSA) is 35.5 Å². The highest BCUT2D eigenvalue weighted by atomic mass is 16.7. The van der Waals surface area contributed by atoms with Gasteiger partial charge in [0, 0.05) is 17.3 Å². The number of hydrogen-bond acceptors (Lipinski definition) is 3. The fourth-order valence-electron chi connectivity index (χ4n) is 3.75.